The summed E-state index contributed by atoms with van der Waals surface area (Å²) in [5.41, 5.74) is 3.12. The summed E-state index contributed by atoms with van der Waals surface area (Å²) in [6.45, 7) is 7.80. The van der Waals surface area contributed by atoms with Gasteiger partial charge in [0.2, 0.25) is 5.91 Å². The fourth-order valence-corrected chi connectivity index (χ4v) is 2.55. The lowest BCUT2D eigenvalue weighted by Crippen LogP contribution is -2.34. The Balaban J connectivity index is 2.12. The zero-order valence-corrected chi connectivity index (χ0v) is 14.2. The van der Waals surface area contributed by atoms with Crippen molar-refractivity contribution in [3.8, 4) is 0 Å². The molecule has 4 nitrogen and oxygen atoms in total. The van der Waals surface area contributed by atoms with E-state index in [1.54, 1.807) is 10.9 Å². The smallest absolute Gasteiger partial charge is 0.245 e. The van der Waals surface area contributed by atoms with Gasteiger partial charge in [0, 0.05) is 0 Å². The lowest BCUT2D eigenvalue weighted by molar-refractivity contribution is -0.125. The number of benzene rings is 1. The first-order chi connectivity index (χ1) is 10.4. The molecule has 2 unspecified atom stereocenters. The second-order valence-corrected chi connectivity index (χ2v) is 5.99. The van der Waals surface area contributed by atoms with E-state index < -0.39 is 6.04 Å². The van der Waals surface area contributed by atoms with Gasteiger partial charge in [-0.3, -0.25) is 9.48 Å². The molecule has 0 fully saturated rings. The number of hydrogen-bond acceptors (Lipinski definition) is 2. The van der Waals surface area contributed by atoms with Crippen LogP contribution in [0.2, 0.25) is 5.02 Å². The van der Waals surface area contributed by atoms with Gasteiger partial charge in [-0.2, -0.15) is 5.10 Å². The number of halogens is 1. The van der Waals surface area contributed by atoms with Crippen LogP contribution in [0.3, 0.4) is 0 Å². The highest BCUT2D eigenvalue weighted by Gasteiger charge is 2.21. The van der Waals surface area contributed by atoms with Crippen molar-refractivity contribution in [3.05, 3.63) is 52.3 Å². The third-order valence-electron chi connectivity index (χ3n) is 3.94. The van der Waals surface area contributed by atoms with Crippen molar-refractivity contribution < 1.29 is 4.79 Å². The SMILES string of the molecule is CCC(NC(=O)C(C)n1ncc(Cl)c1C)c1ccc(C)cc1. The fourth-order valence-electron chi connectivity index (χ4n) is 2.42. The van der Waals surface area contributed by atoms with Crippen LogP contribution in [0.1, 0.15) is 49.2 Å². The second-order valence-electron chi connectivity index (χ2n) is 5.58. The monoisotopic (exact) mass is 319 g/mol. The lowest BCUT2D eigenvalue weighted by atomic mass is 10.0. The molecule has 0 spiro atoms. The first kappa shape index (κ1) is 16.6. The lowest BCUT2D eigenvalue weighted by Gasteiger charge is -2.21. The summed E-state index contributed by atoms with van der Waals surface area (Å²) in [5.74, 6) is -0.0599. The van der Waals surface area contributed by atoms with Crippen molar-refractivity contribution in [2.45, 2.75) is 46.2 Å². The summed E-state index contributed by atoms with van der Waals surface area (Å²) in [4.78, 5) is 12.5. The average Bonchev–Trinajstić information content (AvgIpc) is 2.84. The van der Waals surface area contributed by atoms with Gasteiger partial charge in [0.05, 0.1) is 23.0 Å². The number of nitrogens with one attached hydrogen (secondary N) is 1. The van der Waals surface area contributed by atoms with E-state index in [1.807, 2.05) is 13.8 Å². The topological polar surface area (TPSA) is 46.9 Å². The van der Waals surface area contributed by atoms with Crippen LogP contribution < -0.4 is 5.32 Å². The molecule has 1 aromatic heterocycles. The van der Waals surface area contributed by atoms with Crippen molar-refractivity contribution in [2.24, 2.45) is 0 Å². The molecule has 0 radical (unpaired) electrons. The minimum Gasteiger partial charge on any atom is -0.347 e. The molecule has 5 heteroatoms. The Bertz CT molecular complexity index is 648. The number of aryl methyl sites for hydroxylation is 1. The molecule has 1 N–H and O–H groups in total. The summed E-state index contributed by atoms with van der Waals surface area (Å²) in [7, 11) is 0. The Hall–Kier alpha value is -1.81. The number of amides is 1. The number of nitrogens with zero attached hydrogens (tertiary/aromatic N) is 2. The van der Waals surface area contributed by atoms with Crippen molar-refractivity contribution >= 4 is 17.5 Å². The van der Waals surface area contributed by atoms with Crippen LogP contribution in [0.15, 0.2) is 30.5 Å². The molecule has 22 heavy (non-hydrogen) atoms. The van der Waals surface area contributed by atoms with Crippen LogP contribution >= 0.6 is 11.6 Å². The number of hydrogen-bond donors (Lipinski definition) is 1. The van der Waals surface area contributed by atoms with E-state index in [9.17, 15) is 4.79 Å². The van der Waals surface area contributed by atoms with Gasteiger partial charge in [-0.1, -0.05) is 48.4 Å². The van der Waals surface area contributed by atoms with Gasteiger partial charge >= 0.3 is 0 Å². The predicted molar refractivity (Wildman–Crippen MR) is 89.0 cm³/mol. The Labute approximate surface area is 136 Å². The van der Waals surface area contributed by atoms with Gasteiger partial charge in [0.15, 0.2) is 0 Å². The molecule has 0 aliphatic carbocycles. The standard InChI is InChI=1S/C17H22ClN3O/c1-5-16(14-8-6-11(2)7-9-14)20-17(22)13(4)21-12(3)15(18)10-19-21/h6-10,13,16H,5H2,1-4H3,(H,20,22). The molecule has 0 aliphatic heterocycles. The fraction of sp³-hybridized carbons (Fsp3) is 0.412. The van der Waals surface area contributed by atoms with Crippen molar-refractivity contribution in [2.75, 3.05) is 0 Å². The molecule has 118 valence electrons. The van der Waals surface area contributed by atoms with Crippen LogP contribution in [0.25, 0.3) is 0 Å². The van der Waals surface area contributed by atoms with E-state index in [2.05, 4.69) is 48.5 Å². The normalized spacial score (nSPS) is 13.7. The molecule has 0 saturated heterocycles. The first-order valence-corrected chi connectivity index (χ1v) is 7.88. The van der Waals surface area contributed by atoms with E-state index in [4.69, 9.17) is 11.6 Å². The van der Waals surface area contributed by atoms with E-state index in [-0.39, 0.29) is 11.9 Å². The molecule has 2 aromatic rings. The van der Waals surface area contributed by atoms with E-state index in [1.165, 1.54) is 5.56 Å². The quantitative estimate of drug-likeness (QED) is 0.906. The largest absolute Gasteiger partial charge is 0.347 e. The van der Waals surface area contributed by atoms with Crippen LogP contribution in [0.4, 0.5) is 0 Å². The highest BCUT2D eigenvalue weighted by molar-refractivity contribution is 6.31. The third kappa shape index (κ3) is 3.50. The summed E-state index contributed by atoms with van der Waals surface area (Å²) in [6, 6.07) is 7.85. The maximum atomic E-state index is 12.5. The molecular weight excluding hydrogens is 298 g/mol. The van der Waals surface area contributed by atoms with Gasteiger partial charge < -0.3 is 5.32 Å². The first-order valence-electron chi connectivity index (χ1n) is 7.50. The van der Waals surface area contributed by atoms with Gasteiger partial charge in [-0.15, -0.1) is 0 Å². The van der Waals surface area contributed by atoms with E-state index >= 15 is 0 Å². The maximum absolute atomic E-state index is 12.5. The Morgan fingerprint density at radius 3 is 2.45 bits per heavy atom. The minimum atomic E-state index is -0.396. The Morgan fingerprint density at radius 2 is 1.95 bits per heavy atom. The average molecular weight is 320 g/mol. The zero-order valence-electron chi connectivity index (χ0n) is 13.4. The molecule has 1 heterocycles. The number of aromatic nitrogens is 2. The predicted octanol–water partition coefficient (Wildman–Crippen LogP) is 3.98. The zero-order chi connectivity index (χ0) is 16.3. The van der Waals surface area contributed by atoms with E-state index in [0.29, 0.717) is 5.02 Å². The van der Waals surface area contributed by atoms with Crippen LogP contribution in [0.5, 0.6) is 0 Å². The molecular formula is C17H22ClN3O. The number of rotatable bonds is 5. The molecule has 2 atom stereocenters. The Morgan fingerprint density at radius 1 is 1.32 bits per heavy atom. The Kier molecular flexibility index (Phi) is 5.24. The second kappa shape index (κ2) is 6.97. The van der Waals surface area contributed by atoms with Crippen LogP contribution in [-0.2, 0) is 4.79 Å². The van der Waals surface area contributed by atoms with E-state index in [0.717, 1.165) is 17.7 Å². The summed E-state index contributed by atoms with van der Waals surface area (Å²) >= 11 is 6.01. The van der Waals surface area contributed by atoms with Crippen LogP contribution in [-0.4, -0.2) is 15.7 Å². The number of carbonyl (C=O) groups is 1. The minimum absolute atomic E-state index is 0.00175. The van der Waals surface area contributed by atoms with Gasteiger partial charge in [-0.05, 0) is 32.8 Å². The number of carbonyl (C=O) groups excluding carboxylic acids is 1. The molecule has 0 saturated carbocycles. The van der Waals surface area contributed by atoms with Crippen molar-refractivity contribution in [3.63, 3.8) is 0 Å². The van der Waals surface area contributed by atoms with Gasteiger partial charge in [0.25, 0.3) is 0 Å². The molecule has 0 bridgehead atoms. The summed E-state index contributed by atoms with van der Waals surface area (Å²) in [6.07, 6.45) is 2.40. The molecule has 1 aromatic carbocycles. The summed E-state index contributed by atoms with van der Waals surface area (Å²) < 4.78 is 1.65. The van der Waals surface area contributed by atoms with Crippen molar-refractivity contribution in [1.82, 2.24) is 15.1 Å². The highest BCUT2D eigenvalue weighted by atomic mass is 35.5. The maximum Gasteiger partial charge on any atom is 0.245 e. The highest BCUT2D eigenvalue weighted by Crippen LogP contribution is 2.21. The van der Waals surface area contributed by atoms with Gasteiger partial charge in [-0.25, -0.2) is 0 Å². The molecule has 2 rings (SSSR count). The van der Waals surface area contributed by atoms with Crippen molar-refractivity contribution in [1.29, 1.82) is 0 Å². The van der Waals surface area contributed by atoms with Crippen LogP contribution in [0, 0.1) is 13.8 Å². The molecule has 0 aliphatic rings. The third-order valence-corrected chi connectivity index (χ3v) is 4.31. The molecule has 1 amide bonds. The summed E-state index contributed by atoms with van der Waals surface area (Å²) in [5, 5.41) is 7.85. The van der Waals surface area contributed by atoms with Gasteiger partial charge in [0.1, 0.15) is 6.04 Å².